The molecule has 0 aliphatic heterocycles. The van der Waals surface area contributed by atoms with Crippen LogP contribution in [-0.2, 0) is 11.3 Å². The maximum atomic E-state index is 11.7. The van der Waals surface area contributed by atoms with Gasteiger partial charge in [-0.1, -0.05) is 0 Å². The summed E-state index contributed by atoms with van der Waals surface area (Å²) >= 11 is 0. The van der Waals surface area contributed by atoms with Crippen LogP contribution in [0.3, 0.4) is 0 Å². The summed E-state index contributed by atoms with van der Waals surface area (Å²) in [6.07, 6.45) is 4.24. The molecule has 5 heteroatoms. The second-order valence-electron chi connectivity index (χ2n) is 4.40. The van der Waals surface area contributed by atoms with E-state index in [0.717, 1.165) is 18.2 Å². The summed E-state index contributed by atoms with van der Waals surface area (Å²) in [6, 6.07) is 3.71. The predicted molar refractivity (Wildman–Crippen MR) is 68.0 cm³/mol. The first-order valence-corrected chi connectivity index (χ1v) is 5.73. The summed E-state index contributed by atoms with van der Waals surface area (Å²) < 4.78 is 5.19. The fourth-order valence-electron chi connectivity index (χ4n) is 1.56. The molecule has 0 bridgehead atoms. The SMILES string of the molecule is CN(Cc1ccco1)C(=O)CNCC1CC1.Cl. The highest BCUT2D eigenvalue weighted by Gasteiger charge is 2.21. The summed E-state index contributed by atoms with van der Waals surface area (Å²) in [6.45, 7) is 1.94. The molecule has 0 unspecified atom stereocenters. The fraction of sp³-hybridized carbons (Fsp3) is 0.583. The lowest BCUT2D eigenvalue weighted by Gasteiger charge is -2.15. The van der Waals surface area contributed by atoms with Crippen LogP contribution in [-0.4, -0.2) is 30.9 Å². The van der Waals surface area contributed by atoms with Gasteiger partial charge in [0, 0.05) is 7.05 Å². The van der Waals surface area contributed by atoms with Gasteiger partial charge in [-0.2, -0.15) is 0 Å². The second-order valence-corrected chi connectivity index (χ2v) is 4.40. The van der Waals surface area contributed by atoms with Crippen molar-refractivity contribution in [2.75, 3.05) is 20.1 Å². The van der Waals surface area contributed by atoms with E-state index in [1.807, 2.05) is 12.1 Å². The molecule has 1 aromatic rings. The molecule has 0 atom stereocenters. The van der Waals surface area contributed by atoms with Crippen molar-refractivity contribution in [2.45, 2.75) is 19.4 Å². The van der Waals surface area contributed by atoms with E-state index < -0.39 is 0 Å². The number of hydrogen-bond acceptors (Lipinski definition) is 3. The van der Waals surface area contributed by atoms with Gasteiger partial charge in [-0.05, 0) is 37.4 Å². The minimum Gasteiger partial charge on any atom is -0.467 e. The number of nitrogens with zero attached hydrogens (tertiary/aromatic N) is 1. The van der Waals surface area contributed by atoms with Crippen molar-refractivity contribution < 1.29 is 9.21 Å². The van der Waals surface area contributed by atoms with Crippen molar-refractivity contribution in [3.63, 3.8) is 0 Å². The molecule has 0 spiro atoms. The zero-order valence-electron chi connectivity index (χ0n) is 10.0. The Morgan fingerprint density at radius 1 is 1.59 bits per heavy atom. The number of hydrogen-bond donors (Lipinski definition) is 1. The van der Waals surface area contributed by atoms with Crippen LogP contribution < -0.4 is 5.32 Å². The highest BCUT2D eigenvalue weighted by atomic mass is 35.5. The Kier molecular flexibility index (Phi) is 5.51. The summed E-state index contributed by atoms with van der Waals surface area (Å²) in [4.78, 5) is 13.4. The molecular weight excluding hydrogens is 240 g/mol. The predicted octanol–water partition coefficient (Wildman–Crippen LogP) is 1.66. The molecule has 1 N–H and O–H groups in total. The molecule has 0 aromatic carbocycles. The number of nitrogens with one attached hydrogen (secondary N) is 1. The first-order valence-electron chi connectivity index (χ1n) is 5.73. The van der Waals surface area contributed by atoms with Crippen molar-refractivity contribution in [2.24, 2.45) is 5.92 Å². The van der Waals surface area contributed by atoms with Crippen LogP contribution in [0.2, 0.25) is 0 Å². The average Bonchev–Trinajstić information content (AvgIpc) is 2.95. The number of furan rings is 1. The van der Waals surface area contributed by atoms with Gasteiger partial charge < -0.3 is 14.6 Å². The van der Waals surface area contributed by atoms with E-state index in [4.69, 9.17) is 4.42 Å². The van der Waals surface area contributed by atoms with Crippen LogP contribution in [0.25, 0.3) is 0 Å². The summed E-state index contributed by atoms with van der Waals surface area (Å²) in [7, 11) is 1.80. The van der Waals surface area contributed by atoms with Gasteiger partial charge in [0.05, 0.1) is 19.4 Å². The van der Waals surface area contributed by atoms with Gasteiger partial charge in [-0.3, -0.25) is 4.79 Å². The first kappa shape index (κ1) is 14.1. The average molecular weight is 259 g/mol. The first-order chi connectivity index (χ1) is 7.75. The van der Waals surface area contributed by atoms with Gasteiger partial charge >= 0.3 is 0 Å². The van der Waals surface area contributed by atoms with Gasteiger partial charge in [-0.15, -0.1) is 12.4 Å². The Hall–Kier alpha value is -1.00. The van der Waals surface area contributed by atoms with Crippen LogP contribution in [0.4, 0.5) is 0 Å². The molecule has 1 aliphatic carbocycles. The summed E-state index contributed by atoms with van der Waals surface area (Å²) in [5, 5.41) is 3.19. The number of carbonyl (C=O) groups excluding carboxylic acids is 1. The topological polar surface area (TPSA) is 45.5 Å². The Morgan fingerprint density at radius 3 is 2.94 bits per heavy atom. The highest BCUT2D eigenvalue weighted by molar-refractivity contribution is 5.85. The van der Waals surface area contributed by atoms with Crippen molar-refractivity contribution >= 4 is 18.3 Å². The molecule has 1 aromatic heterocycles. The van der Waals surface area contributed by atoms with Gasteiger partial charge in [0.15, 0.2) is 0 Å². The molecule has 2 rings (SSSR count). The van der Waals surface area contributed by atoms with E-state index in [0.29, 0.717) is 13.1 Å². The highest BCUT2D eigenvalue weighted by Crippen LogP contribution is 2.27. The standard InChI is InChI=1S/C12H18N2O2.ClH/c1-14(9-11-3-2-6-16-11)12(15)8-13-7-10-4-5-10;/h2-3,6,10,13H,4-5,7-9H2,1H3;1H. The minimum absolute atomic E-state index is 0. The number of halogens is 1. The molecule has 1 aliphatic rings. The van der Waals surface area contributed by atoms with Crippen molar-refractivity contribution in [3.8, 4) is 0 Å². The number of amides is 1. The second kappa shape index (κ2) is 6.67. The smallest absolute Gasteiger partial charge is 0.236 e. The zero-order valence-corrected chi connectivity index (χ0v) is 10.8. The van der Waals surface area contributed by atoms with E-state index in [2.05, 4.69) is 5.32 Å². The van der Waals surface area contributed by atoms with Crippen molar-refractivity contribution in [1.29, 1.82) is 0 Å². The molecule has 1 fully saturated rings. The van der Waals surface area contributed by atoms with Gasteiger partial charge in [0.1, 0.15) is 5.76 Å². The lowest BCUT2D eigenvalue weighted by Crippen LogP contribution is -2.35. The fourth-order valence-corrected chi connectivity index (χ4v) is 1.56. The van der Waals surface area contributed by atoms with E-state index in [1.54, 1.807) is 18.2 Å². The van der Waals surface area contributed by atoms with E-state index in [9.17, 15) is 4.79 Å². The van der Waals surface area contributed by atoms with Crippen LogP contribution in [0.1, 0.15) is 18.6 Å². The lowest BCUT2D eigenvalue weighted by molar-refractivity contribution is -0.129. The van der Waals surface area contributed by atoms with Crippen LogP contribution >= 0.6 is 12.4 Å². The quantitative estimate of drug-likeness (QED) is 0.844. The molecule has 17 heavy (non-hydrogen) atoms. The molecule has 1 saturated carbocycles. The maximum Gasteiger partial charge on any atom is 0.236 e. The minimum atomic E-state index is 0. The zero-order chi connectivity index (χ0) is 11.4. The van der Waals surface area contributed by atoms with Crippen molar-refractivity contribution in [3.05, 3.63) is 24.2 Å². The largest absolute Gasteiger partial charge is 0.467 e. The van der Waals surface area contributed by atoms with E-state index in [1.165, 1.54) is 12.8 Å². The Bertz CT molecular complexity index is 336. The Morgan fingerprint density at radius 2 is 2.35 bits per heavy atom. The third-order valence-electron chi connectivity index (χ3n) is 2.81. The Balaban J connectivity index is 0.00000144. The molecule has 0 radical (unpaired) electrons. The summed E-state index contributed by atoms with van der Waals surface area (Å²) in [5.41, 5.74) is 0. The van der Waals surface area contributed by atoms with E-state index >= 15 is 0 Å². The van der Waals surface area contributed by atoms with E-state index in [-0.39, 0.29) is 18.3 Å². The molecular formula is C12H19ClN2O2. The van der Waals surface area contributed by atoms with Crippen LogP contribution in [0.15, 0.2) is 22.8 Å². The van der Waals surface area contributed by atoms with Gasteiger partial charge in [0.25, 0.3) is 0 Å². The molecule has 96 valence electrons. The Labute approximate surface area is 108 Å². The normalized spacial score (nSPS) is 14.2. The molecule has 4 nitrogen and oxygen atoms in total. The van der Waals surface area contributed by atoms with Crippen LogP contribution in [0, 0.1) is 5.92 Å². The number of carbonyl (C=O) groups is 1. The van der Waals surface area contributed by atoms with Gasteiger partial charge in [-0.25, -0.2) is 0 Å². The molecule has 0 saturated heterocycles. The summed E-state index contributed by atoms with van der Waals surface area (Å²) in [5.74, 6) is 1.73. The third-order valence-corrected chi connectivity index (χ3v) is 2.81. The number of rotatable bonds is 6. The van der Waals surface area contributed by atoms with Gasteiger partial charge in [0.2, 0.25) is 5.91 Å². The monoisotopic (exact) mass is 258 g/mol. The lowest BCUT2D eigenvalue weighted by atomic mass is 10.4. The maximum absolute atomic E-state index is 11.7. The molecule has 1 amide bonds. The third kappa shape index (κ3) is 4.79. The number of likely N-dealkylation sites (N-methyl/N-ethyl adjacent to an activating group) is 1. The molecule has 1 heterocycles. The van der Waals surface area contributed by atoms with Crippen LogP contribution in [0.5, 0.6) is 0 Å². The van der Waals surface area contributed by atoms with Crippen molar-refractivity contribution in [1.82, 2.24) is 10.2 Å².